The van der Waals surface area contributed by atoms with Crippen LogP contribution in [0.15, 0.2) is 24.4 Å². The van der Waals surface area contributed by atoms with Crippen LogP contribution in [0.5, 0.6) is 0 Å². The minimum atomic E-state index is -3.48. The molecule has 3 rings (SSSR count). The van der Waals surface area contributed by atoms with Crippen molar-refractivity contribution in [1.82, 2.24) is 14.0 Å². The average Bonchev–Trinajstić information content (AvgIpc) is 2.98. The maximum atomic E-state index is 12.5. The number of pyridine rings is 1. The Labute approximate surface area is 125 Å². The average molecular weight is 311 g/mol. The second kappa shape index (κ2) is 6.00. The van der Waals surface area contributed by atoms with Gasteiger partial charge in [0.15, 0.2) is 0 Å². The molecule has 2 N–H and O–H groups in total. The Morgan fingerprint density at radius 2 is 2.00 bits per heavy atom. The van der Waals surface area contributed by atoms with Crippen molar-refractivity contribution >= 4 is 10.2 Å². The number of hydrogen-bond acceptors (Lipinski definition) is 4. The molecule has 0 radical (unpaired) electrons. The van der Waals surface area contributed by atoms with Gasteiger partial charge in [0.1, 0.15) is 0 Å². The van der Waals surface area contributed by atoms with Crippen molar-refractivity contribution in [2.24, 2.45) is 5.92 Å². The number of aliphatic hydroxyl groups is 1. The van der Waals surface area contributed by atoms with Crippen molar-refractivity contribution in [1.29, 1.82) is 0 Å². The summed E-state index contributed by atoms with van der Waals surface area (Å²) in [5, 5.41) is 9.52. The van der Waals surface area contributed by atoms with Gasteiger partial charge in [0.2, 0.25) is 0 Å². The van der Waals surface area contributed by atoms with Crippen molar-refractivity contribution < 1.29 is 13.5 Å². The molecule has 0 bridgehead atoms. The van der Waals surface area contributed by atoms with Gasteiger partial charge < -0.3 is 5.11 Å². The fraction of sp³-hybridized carbons (Fsp3) is 0.643. The van der Waals surface area contributed by atoms with Crippen molar-refractivity contribution in [2.45, 2.75) is 37.8 Å². The summed E-state index contributed by atoms with van der Waals surface area (Å²) in [7, 11) is -3.48. The van der Waals surface area contributed by atoms with E-state index in [1.54, 1.807) is 6.20 Å². The van der Waals surface area contributed by atoms with E-state index in [9.17, 15) is 13.5 Å². The molecular weight excluding hydrogens is 290 g/mol. The first-order chi connectivity index (χ1) is 10.1. The minimum absolute atomic E-state index is 0.104. The Bertz CT molecular complexity index is 566. The molecule has 21 heavy (non-hydrogen) atoms. The highest BCUT2D eigenvalue weighted by Gasteiger charge is 2.39. The third kappa shape index (κ3) is 3.26. The Hall–Kier alpha value is -1.02. The first kappa shape index (κ1) is 14.9. The Morgan fingerprint density at radius 1 is 1.29 bits per heavy atom. The van der Waals surface area contributed by atoms with E-state index < -0.39 is 10.2 Å². The third-order valence-corrected chi connectivity index (χ3v) is 5.91. The highest BCUT2D eigenvalue weighted by atomic mass is 32.2. The smallest absolute Gasteiger partial charge is 0.280 e. The monoisotopic (exact) mass is 311 g/mol. The van der Waals surface area contributed by atoms with Gasteiger partial charge in [-0.1, -0.05) is 6.07 Å². The van der Waals surface area contributed by atoms with Crippen LogP contribution >= 0.6 is 0 Å². The largest absolute Gasteiger partial charge is 0.393 e. The molecule has 1 atom stereocenters. The van der Waals surface area contributed by atoms with E-state index in [2.05, 4.69) is 9.71 Å². The topological polar surface area (TPSA) is 82.5 Å². The number of aliphatic hydroxyl groups excluding tert-OH is 1. The zero-order valence-electron chi connectivity index (χ0n) is 11.9. The molecule has 1 aromatic rings. The summed E-state index contributed by atoms with van der Waals surface area (Å²) in [6, 6.07) is 5.14. The van der Waals surface area contributed by atoms with E-state index in [1.807, 2.05) is 18.2 Å². The van der Waals surface area contributed by atoms with Gasteiger partial charge in [0.05, 0.1) is 17.8 Å². The van der Waals surface area contributed by atoms with E-state index >= 15 is 0 Å². The highest BCUT2D eigenvalue weighted by molar-refractivity contribution is 7.87. The lowest BCUT2D eigenvalue weighted by Gasteiger charge is -2.38. The van der Waals surface area contributed by atoms with Crippen molar-refractivity contribution in [3.8, 4) is 0 Å². The normalized spacial score (nSPS) is 28.2. The molecule has 0 aromatic carbocycles. The van der Waals surface area contributed by atoms with Gasteiger partial charge >= 0.3 is 0 Å². The molecule has 0 unspecified atom stereocenters. The van der Waals surface area contributed by atoms with Gasteiger partial charge in [-0.25, -0.2) is 0 Å². The van der Waals surface area contributed by atoms with Crippen molar-refractivity contribution in [2.75, 3.05) is 13.1 Å². The van der Waals surface area contributed by atoms with E-state index in [0.29, 0.717) is 25.9 Å². The molecule has 6 nitrogen and oxygen atoms in total. The second-order valence-corrected chi connectivity index (χ2v) is 7.55. The number of aromatic nitrogens is 1. The van der Waals surface area contributed by atoms with Gasteiger partial charge in [0.25, 0.3) is 10.2 Å². The van der Waals surface area contributed by atoms with Crippen LogP contribution in [0.4, 0.5) is 0 Å². The predicted octanol–water partition coefficient (Wildman–Crippen LogP) is 0.824. The van der Waals surface area contributed by atoms with Crippen LogP contribution in [-0.4, -0.2) is 42.0 Å². The van der Waals surface area contributed by atoms with Gasteiger partial charge in [-0.05, 0) is 43.7 Å². The van der Waals surface area contributed by atoms with Crippen LogP contribution in [0.3, 0.4) is 0 Å². The van der Waals surface area contributed by atoms with Crippen molar-refractivity contribution in [3.63, 3.8) is 0 Å². The highest BCUT2D eigenvalue weighted by Crippen LogP contribution is 2.38. The summed E-state index contributed by atoms with van der Waals surface area (Å²) in [6.07, 6.45) is 4.40. The summed E-state index contributed by atoms with van der Waals surface area (Å²) in [6.45, 7) is 1.16. The van der Waals surface area contributed by atoms with E-state index in [-0.39, 0.29) is 18.1 Å². The first-order valence-electron chi connectivity index (χ1n) is 7.42. The molecular formula is C14H21N3O3S. The fourth-order valence-corrected chi connectivity index (χ4v) is 4.55. The summed E-state index contributed by atoms with van der Waals surface area (Å²) in [5.74, 6) is 0.104. The molecule has 7 heteroatoms. The lowest BCUT2D eigenvalue weighted by molar-refractivity contribution is 0.0271. The summed E-state index contributed by atoms with van der Waals surface area (Å²) in [4.78, 5) is 4.29. The third-order valence-electron chi connectivity index (χ3n) is 4.31. The van der Waals surface area contributed by atoms with Crippen LogP contribution in [0.2, 0.25) is 0 Å². The molecule has 2 fully saturated rings. The maximum absolute atomic E-state index is 12.5. The molecule has 1 aliphatic heterocycles. The summed E-state index contributed by atoms with van der Waals surface area (Å²) in [5.41, 5.74) is 0.720. The predicted molar refractivity (Wildman–Crippen MR) is 78.6 cm³/mol. The zero-order chi connectivity index (χ0) is 14.9. The molecule has 2 heterocycles. The van der Waals surface area contributed by atoms with Crippen LogP contribution in [0.1, 0.15) is 37.4 Å². The molecule has 0 amide bonds. The van der Waals surface area contributed by atoms with Crippen LogP contribution in [0.25, 0.3) is 0 Å². The molecule has 1 saturated heterocycles. The van der Waals surface area contributed by atoms with E-state index in [0.717, 1.165) is 18.5 Å². The van der Waals surface area contributed by atoms with Gasteiger partial charge in [0, 0.05) is 19.3 Å². The van der Waals surface area contributed by atoms with Crippen molar-refractivity contribution in [3.05, 3.63) is 30.1 Å². The van der Waals surface area contributed by atoms with Crippen LogP contribution in [0, 0.1) is 5.92 Å². The quantitative estimate of drug-likeness (QED) is 0.843. The van der Waals surface area contributed by atoms with Gasteiger partial charge in [-0.3, -0.25) is 4.98 Å². The molecule has 1 aromatic heterocycles. The first-order valence-corrected chi connectivity index (χ1v) is 8.86. The fourth-order valence-electron chi connectivity index (χ4n) is 3.02. The Balaban J connectivity index is 1.79. The van der Waals surface area contributed by atoms with Crippen LogP contribution in [-0.2, 0) is 10.2 Å². The Kier molecular flexibility index (Phi) is 4.26. The number of rotatable bonds is 5. The molecule has 0 spiro atoms. The maximum Gasteiger partial charge on any atom is 0.280 e. The number of nitrogens with zero attached hydrogens (tertiary/aromatic N) is 2. The number of hydrogen-bond donors (Lipinski definition) is 2. The van der Waals surface area contributed by atoms with Gasteiger partial charge in [-0.2, -0.15) is 17.4 Å². The lowest BCUT2D eigenvalue weighted by atomic mass is 9.76. The summed E-state index contributed by atoms with van der Waals surface area (Å²) < 4.78 is 29.2. The molecule has 116 valence electrons. The zero-order valence-corrected chi connectivity index (χ0v) is 12.7. The SMILES string of the molecule is O=S(=O)(N[C@@H](c1ccccn1)C1CC(O)C1)N1CCCC1. The minimum Gasteiger partial charge on any atom is -0.393 e. The lowest BCUT2D eigenvalue weighted by Crippen LogP contribution is -2.46. The standard InChI is InChI=1S/C14H21N3O3S/c18-12-9-11(10-12)14(13-5-1-2-6-15-13)16-21(19,20)17-7-3-4-8-17/h1-2,5-6,11-12,14,16,18H,3-4,7-10H2/t11?,12?,14-/m1/s1. The number of nitrogens with one attached hydrogen (secondary N) is 1. The van der Waals surface area contributed by atoms with E-state index in [4.69, 9.17) is 0 Å². The molecule has 1 aliphatic carbocycles. The molecule has 2 aliphatic rings. The Morgan fingerprint density at radius 3 is 2.57 bits per heavy atom. The summed E-state index contributed by atoms with van der Waals surface area (Å²) >= 11 is 0. The van der Waals surface area contributed by atoms with Gasteiger partial charge in [-0.15, -0.1) is 0 Å². The second-order valence-electron chi connectivity index (χ2n) is 5.85. The van der Waals surface area contributed by atoms with E-state index in [1.165, 1.54) is 4.31 Å². The van der Waals surface area contributed by atoms with Crippen LogP contribution < -0.4 is 4.72 Å². The molecule has 1 saturated carbocycles.